The number of methoxy groups -OCH3 is 1. The molecule has 2 aromatic rings. The summed E-state index contributed by atoms with van der Waals surface area (Å²) in [5, 5.41) is 3.25. The van der Waals surface area contributed by atoms with E-state index in [1.54, 1.807) is 19.9 Å². The summed E-state index contributed by atoms with van der Waals surface area (Å²) >= 11 is 7.34. The summed E-state index contributed by atoms with van der Waals surface area (Å²) < 4.78 is 16.0. The Hall–Kier alpha value is -2.32. The van der Waals surface area contributed by atoms with Crippen LogP contribution in [0.1, 0.15) is 52.4 Å². The van der Waals surface area contributed by atoms with Crippen molar-refractivity contribution in [3.8, 4) is 11.5 Å². The highest BCUT2D eigenvalue weighted by molar-refractivity contribution is 7.17. The lowest BCUT2D eigenvalue weighted by atomic mass is 10.2. The number of anilines is 1. The highest BCUT2D eigenvalue weighted by Crippen LogP contribution is 2.37. The fourth-order valence-corrected chi connectivity index (χ4v) is 3.44. The predicted octanol–water partition coefficient (Wildman–Crippen LogP) is 4.72. The maximum absolute atomic E-state index is 12.6. The zero-order valence-corrected chi connectivity index (χ0v) is 17.8. The molecular formula is C19H23ClN2O5S. The van der Waals surface area contributed by atoms with Crippen molar-refractivity contribution in [1.29, 1.82) is 0 Å². The van der Waals surface area contributed by atoms with E-state index in [-0.39, 0.29) is 17.2 Å². The summed E-state index contributed by atoms with van der Waals surface area (Å²) in [6.45, 7) is 6.24. The van der Waals surface area contributed by atoms with Gasteiger partial charge >= 0.3 is 5.97 Å². The van der Waals surface area contributed by atoms with Crippen LogP contribution in [0.2, 0.25) is 5.02 Å². The Morgan fingerprint density at radius 1 is 1.29 bits per heavy atom. The Morgan fingerprint density at radius 3 is 2.68 bits per heavy atom. The van der Waals surface area contributed by atoms with E-state index in [9.17, 15) is 9.59 Å². The van der Waals surface area contributed by atoms with Crippen LogP contribution in [-0.4, -0.2) is 37.2 Å². The largest absolute Gasteiger partial charge is 0.493 e. The van der Waals surface area contributed by atoms with Crippen LogP contribution in [0.4, 0.5) is 5.13 Å². The molecule has 0 spiro atoms. The van der Waals surface area contributed by atoms with Crippen LogP contribution in [-0.2, 0) is 4.74 Å². The van der Waals surface area contributed by atoms with Gasteiger partial charge in [-0.3, -0.25) is 10.1 Å². The predicted molar refractivity (Wildman–Crippen MR) is 109 cm³/mol. The number of aryl methyl sites for hydroxylation is 1. The molecule has 0 saturated heterocycles. The summed E-state index contributed by atoms with van der Waals surface area (Å²) in [5.41, 5.74) is 0.782. The third kappa shape index (κ3) is 5.36. The summed E-state index contributed by atoms with van der Waals surface area (Å²) in [7, 11) is 1.48. The Morgan fingerprint density at radius 2 is 2.04 bits per heavy atom. The Kier molecular flexibility index (Phi) is 8.07. The maximum Gasteiger partial charge on any atom is 0.350 e. The molecule has 0 radical (unpaired) electrons. The first-order chi connectivity index (χ1) is 13.4. The van der Waals surface area contributed by atoms with Crippen LogP contribution in [0.5, 0.6) is 11.5 Å². The molecule has 9 heteroatoms. The van der Waals surface area contributed by atoms with Gasteiger partial charge in [0.05, 0.1) is 31.0 Å². The van der Waals surface area contributed by atoms with Gasteiger partial charge in [0.2, 0.25) is 0 Å². The number of halogens is 1. The van der Waals surface area contributed by atoms with E-state index in [2.05, 4.69) is 17.2 Å². The minimum atomic E-state index is -0.462. The highest BCUT2D eigenvalue weighted by Gasteiger charge is 2.20. The van der Waals surface area contributed by atoms with Gasteiger partial charge in [-0.05, 0) is 32.4 Å². The number of thiazole rings is 1. The summed E-state index contributed by atoms with van der Waals surface area (Å²) in [6, 6.07) is 3.06. The van der Waals surface area contributed by atoms with Gasteiger partial charge in [-0.1, -0.05) is 36.3 Å². The normalized spacial score (nSPS) is 10.5. The number of carbonyl (C=O) groups excluding carboxylic acids is 2. The second-order valence-electron chi connectivity index (χ2n) is 5.80. The lowest BCUT2D eigenvalue weighted by molar-refractivity contribution is 0.0531. The third-order valence-electron chi connectivity index (χ3n) is 3.71. The number of amides is 1. The van der Waals surface area contributed by atoms with E-state index >= 15 is 0 Å². The number of esters is 1. The number of unbranched alkanes of at least 4 members (excludes halogenated alkanes) is 1. The topological polar surface area (TPSA) is 86.8 Å². The van der Waals surface area contributed by atoms with Crippen molar-refractivity contribution in [1.82, 2.24) is 4.98 Å². The first-order valence-corrected chi connectivity index (χ1v) is 10.1. The van der Waals surface area contributed by atoms with Gasteiger partial charge in [0.25, 0.3) is 5.91 Å². The molecule has 7 nitrogen and oxygen atoms in total. The molecule has 28 heavy (non-hydrogen) atoms. The smallest absolute Gasteiger partial charge is 0.350 e. The lowest BCUT2D eigenvalue weighted by Gasteiger charge is -2.13. The molecule has 0 fully saturated rings. The number of ether oxygens (including phenoxy) is 3. The van der Waals surface area contributed by atoms with E-state index in [0.29, 0.717) is 33.8 Å². The molecule has 0 aliphatic rings. The first-order valence-electron chi connectivity index (χ1n) is 8.87. The Bertz CT molecular complexity index is 853. The van der Waals surface area contributed by atoms with Crippen molar-refractivity contribution in [2.45, 2.75) is 33.6 Å². The van der Waals surface area contributed by atoms with Gasteiger partial charge in [-0.15, -0.1) is 0 Å². The quantitative estimate of drug-likeness (QED) is 0.461. The molecule has 0 saturated carbocycles. The molecule has 2 rings (SSSR count). The van der Waals surface area contributed by atoms with E-state index in [1.807, 2.05) is 0 Å². The van der Waals surface area contributed by atoms with Gasteiger partial charge in [0.15, 0.2) is 16.6 Å². The Labute approximate surface area is 173 Å². The van der Waals surface area contributed by atoms with Crippen LogP contribution in [0.3, 0.4) is 0 Å². The molecule has 0 aliphatic carbocycles. The summed E-state index contributed by atoms with van der Waals surface area (Å²) in [5.74, 6) is -0.110. The molecule has 1 aromatic carbocycles. The van der Waals surface area contributed by atoms with Crippen LogP contribution < -0.4 is 14.8 Å². The maximum atomic E-state index is 12.6. The number of nitrogens with one attached hydrogen (secondary N) is 1. The number of hydrogen-bond donors (Lipinski definition) is 1. The lowest BCUT2D eigenvalue weighted by Crippen LogP contribution is -2.12. The van der Waals surface area contributed by atoms with Crippen molar-refractivity contribution in [2.24, 2.45) is 0 Å². The van der Waals surface area contributed by atoms with Crippen molar-refractivity contribution >= 4 is 39.9 Å². The van der Waals surface area contributed by atoms with Crippen molar-refractivity contribution in [2.75, 3.05) is 25.6 Å². The van der Waals surface area contributed by atoms with Crippen LogP contribution in [0.25, 0.3) is 0 Å². The minimum Gasteiger partial charge on any atom is -0.493 e. The highest BCUT2D eigenvalue weighted by atomic mass is 35.5. The summed E-state index contributed by atoms with van der Waals surface area (Å²) in [4.78, 5) is 29.1. The zero-order valence-electron chi connectivity index (χ0n) is 16.3. The van der Waals surface area contributed by atoms with Gasteiger partial charge in [0, 0.05) is 5.56 Å². The van der Waals surface area contributed by atoms with Crippen molar-refractivity contribution in [3.05, 3.63) is 33.3 Å². The van der Waals surface area contributed by atoms with Crippen molar-refractivity contribution in [3.63, 3.8) is 0 Å². The Balaban J connectivity index is 2.19. The zero-order chi connectivity index (χ0) is 20.7. The SMILES string of the molecule is CCCCOc1c(Cl)cc(C(=O)Nc2nc(C)c(C(=O)OCC)s2)cc1OC. The standard InChI is InChI=1S/C19H23ClN2O5S/c1-5-7-8-27-15-13(20)9-12(10-14(15)25-4)17(23)22-19-21-11(3)16(28-19)18(24)26-6-2/h9-10H,5-8H2,1-4H3,(H,21,22,23). The van der Waals surface area contributed by atoms with E-state index in [4.69, 9.17) is 25.8 Å². The molecular weight excluding hydrogens is 404 g/mol. The first kappa shape index (κ1) is 22.0. The van der Waals surface area contributed by atoms with Crippen LogP contribution in [0, 0.1) is 6.92 Å². The van der Waals surface area contributed by atoms with E-state index in [1.165, 1.54) is 13.2 Å². The fraction of sp³-hybridized carbons (Fsp3) is 0.421. The monoisotopic (exact) mass is 426 g/mol. The molecule has 1 heterocycles. The van der Waals surface area contributed by atoms with Gasteiger partial charge < -0.3 is 14.2 Å². The number of nitrogens with zero attached hydrogens (tertiary/aromatic N) is 1. The average Bonchev–Trinajstić information content (AvgIpc) is 3.03. The molecule has 1 amide bonds. The van der Waals surface area contributed by atoms with Crippen molar-refractivity contribution < 1.29 is 23.8 Å². The molecule has 152 valence electrons. The molecule has 0 unspecified atom stereocenters. The van der Waals surface area contributed by atoms with E-state index < -0.39 is 11.9 Å². The third-order valence-corrected chi connectivity index (χ3v) is 5.05. The number of benzene rings is 1. The van der Waals surface area contributed by atoms with Gasteiger partial charge in [0.1, 0.15) is 4.88 Å². The molecule has 1 N–H and O–H groups in total. The van der Waals surface area contributed by atoms with Crippen LogP contribution >= 0.6 is 22.9 Å². The molecule has 0 bridgehead atoms. The number of carbonyl (C=O) groups is 2. The molecule has 1 aromatic heterocycles. The second-order valence-corrected chi connectivity index (χ2v) is 7.21. The molecule has 0 atom stereocenters. The number of hydrogen-bond acceptors (Lipinski definition) is 7. The fourth-order valence-electron chi connectivity index (χ4n) is 2.31. The van der Waals surface area contributed by atoms with Gasteiger partial charge in [-0.25, -0.2) is 9.78 Å². The van der Waals surface area contributed by atoms with E-state index in [0.717, 1.165) is 24.2 Å². The number of rotatable bonds is 9. The second kappa shape index (κ2) is 10.3. The minimum absolute atomic E-state index is 0.267. The van der Waals surface area contributed by atoms with Crippen LogP contribution in [0.15, 0.2) is 12.1 Å². The average molecular weight is 427 g/mol. The number of aromatic nitrogens is 1. The molecule has 0 aliphatic heterocycles. The van der Waals surface area contributed by atoms with Gasteiger partial charge in [-0.2, -0.15) is 0 Å². The summed E-state index contributed by atoms with van der Waals surface area (Å²) in [6.07, 6.45) is 1.87.